The predicted molar refractivity (Wildman–Crippen MR) is 293 cm³/mol. The molecular formula is C62H120O6. The Balaban J connectivity index is 4.28. The number of carbonyl (C=O) groups excluding carboxylic acids is 3. The van der Waals surface area contributed by atoms with Crippen LogP contribution in [0.5, 0.6) is 0 Å². The summed E-state index contributed by atoms with van der Waals surface area (Å²) in [7, 11) is 0. The molecule has 6 nitrogen and oxygen atoms in total. The van der Waals surface area contributed by atoms with Crippen LogP contribution < -0.4 is 0 Å². The molecule has 0 fully saturated rings. The van der Waals surface area contributed by atoms with Gasteiger partial charge >= 0.3 is 17.9 Å². The number of ether oxygens (including phenoxy) is 3. The molecule has 0 saturated carbocycles. The predicted octanol–water partition coefficient (Wildman–Crippen LogP) is 20.3. The van der Waals surface area contributed by atoms with E-state index in [1.165, 1.54) is 225 Å². The summed E-state index contributed by atoms with van der Waals surface area (Å²) in [5.41, 5.74) is 0. The van der Waals surface area contributed by atoms with Crippen LogP contribution in [0.25, 0.3) is 0 Å². The van der Waals surface area contributed by atoms with Crippen molar-refractivity contribution in [3.8, 4) is 0 Å². The van der Waals surface area contributed by atoms with E-state index in [1.807, 2.05) is 0 Å². The van der Waals surface area contributed by atoms with Gasteiger partial charge in [-0.3, -0.25) is 14.4 Å². The Kier molecular flexibility index (Phi) is 52.0. The Morgan fingerprint density at radius 2 is 0.515 bits per heavy atom. The van der Waals surface area contributed by atoms with E-state index in [1.54, 1.807) is 0 Å². The number of rotatable bonds is 55. The maximum atomic E-state index is 12.9. The highest BCUT2D eigenvalue weighted by atomic mass is 16.6. The molecule has 0 bridgehead atoms. The van der Waals surface area contributed by atoms with Crippen molar-refractivity contribution in [1.29, 1.82) is 0 Å². The van der Waals surface area contributed by atoms with E-state index >= 15 is 0 Å². The van der Waals surface area contributed by atoms with Gasteiger partial charge in [0.05, 0.1) is 0 Å². The zero-order valence-corrected chi connectivity index (χ0v) is 46.9. The number of unbranched alkanes of at least 4 members (excludes halogenated alkanes) is 37. The van der Waals surface area contributed by atoms with E-state index in [9.17, 15) is 14.4 Å². The summed E-state index contributed by atoms with van der Waals surface area (Å²) in [5.74, 6) is 1.73. The van der Waals surface area contributed by atoms with E-state index in [2.05, 4.69) is 41.5 Å². The maximum Gasteiger partial charge on any atom is 0.306 e. The number of hydrogen-bond donors (Lipinski definition) is 0. The minimum absolute atomic E-state index is 0.0631. The maximum absolute atomic E-state index is 12.9. The molecule has 404 valence electrons. The van der Waals surface area contributed by atoms with Crippen molar-refractivity contribution in [2.75, 3.05) is 13.2 Å². The van der Waals surface area contributed by atoms with Crippen LogP contribution in [0.2, 0.25) is 0 Å². The summed E-state index contributed by atoms with van der Waals surface area (Å²) in [6.45, 7) is 13.8. The molecule has 2 atom stereocenters. The number of carbonyl (C=O) groups is 3. The summed E-state index contributed by atoms with van der Waals surface area (Å²) in [6, 6.07) is 0. The first-order chi connectivity index (χ1) is 33.1. The van der Waals surface area contributed by atoms with Gasteiger partial charge in [0.25, 0.3) is 0 Å². The molecule has 0 N–H and O–H groups in total. The van der Waals surface area contributed by atoms with Gasteiger partial charge in [-0.25, -0.2) is 0 Å². The van der Waals surface area contributed by atoms with Gasteiger partial charge in [0, 0.05) is 19.3 Å². The first-order valence-electron chi connectivity index (χ1n) is 30.6. The molecule has 0 aliphatic heterocycles. The quantitative estimate of drug-likeness (QED) is 0.0343. The fourth-order valence-electron chi connectivity index (χ4n) is 9.50. The van der Waals surface area contributed by atoms with Crippen molar-refractivity contribution < 1.29 is 28.6 Å². The van der Waals surface area contributed by atoms with E-state index in [4.69, 9.17) is 14.2 Å². The second-order valence-corrected chi connectivity index (χ2v) is 22.5. The second kappa shape index (κ2) is 53.2. The molecule has 0 aliphatic rings. The lowest BCUT2D eigenvalue weighted by Crippen LogP contribution is -2.30. The minimum atomic E-state index is -0.764. The van der Waals surface area contributed by atoms with Crippen LogP contribution >= 0.6 is 0 Å². The Labute approximate surface area is 425 Å². The topological polar surface area (TPSA) is 78.9 Å². The van der Waals surface area contributed by atoms with Crippen LogP contribution in [0, 0.1) is 17.8 Å². The van der Waals surface area contributed by atoms with E-state index in [-0.39, 0.29) is 31.1 Å². The molecule has 0 spiro atoms. The van der Waals surface area contributed by atoms with Crippen molar-refractivity contribution in [3.05, 3.63) is 0 Å². The van der Waals surface area contributed by atoms with Gasteiger partial charge in [-0.15, -0.1) is 0 Å². The fraction of sp³-hybridized carbons (Fsp3) is 0.952. The Bertz CT molecular complexity index is 1060. The lowest BCUT2D eigenvalue weighted by Gasteiger charge is -2.18. The largest absolute Gasteiger partial charge is 0.462 e. The van der Waals surface area contributed by atoms with Crippen molar-refractivity contribution in [1.82, 2.24) is 0 Å². The van der Waals surface area contributed by atoms with Gasteiger partial charge in [0.1, 0.15) is 13.2 Å². The van der Waals surface area contributed by atoms with E-state index in [0.29, 0.717) is 19.3 Å². The van der Waals surface area contributed by atoms with Crippen molar-refractivity contribution in [2.24, 2.45) is 17.8 Å². The van der Waals surface area contributed by atoms with Gasteiger partial charge in [-0.2, -0.15) is 0 Å². The highest BCUT2D eigenvalue weighted by Crippen LogP contribution is 2.19. The molecule has 0 aromatic carbocycles. The first kappa shape index (κ1) is 66.4. The standard InChI is InChI=1S/C62H120O6/c1-7-58(6)50-44-38-32-26-19-15-12-13-17-21-29-35-41-47-53-62(65)68-59(55-67-61(64)52-46-40-34-28-23-22-25-31-37-43-49-57(4)5)54-66-60(63)51-45-39-33-27-20-16-11-9-8-10-14-18-24-30-36-42-48-56(2)3/h56-59H,7-55H2,1-6H3/t58?,59-/m1/s1. The Morgan fingerprint density at radius 1 is 0.294 bits per heavy atom. The summed E-state index contributed by atoms with van der Waals surface area (Å²) < 4.78 is 16.9. The van der Waals surface area contributed by atoms with Crippen molar-refractivity contribution >= 4 is 17.9 Å². The summed E-state index contributed by atoms with van der Waals surface area (Å²) in [5, 5.41) is 0. The molecule has 0 saturated heterocycles. The average Bonchev–Trinajstić information content (AvgIpc) is 3.31. The molecule has 0 aromatic heterocycles. The van der Waals surface area contributed by atoms with Crippen LogP contribution in [0.15, 0.2) is 0 Å². The molecule has 0 aliphatic carbocycles. The lowest BCUT2D eigenvalue weighted by atomic mass is 9.99. The normalized spacial score (nSPS) is 12.5. The molecule has 0 rings (SSSR count). The lowest BCUT2D eigenvalue weighted by molar-refractivity contribution is -0.167. The highest BCUT2D eigenvalue weighted by Gasteiger charge is 2.19. The Morgan fingerprint density at radius 3 is 0.765 bits per heavy atom. The summed E-state index contributed by atoms with van der Waals surface area (Å²) in [6.07, 6.45) is 56.6. The van der Waals surface area contributed by atoms with Crippen LogP contribution in [0.3, 0.4) is 0 Å². The summed E-state index contributed by atoms with van der Waals surface area (Å²) >= 11 is 0. The smallest absolute Gasteiger partial charge is 0.306 e. The molecule has 0 radical (unpaired) electrons. The van der Waals surface area contributed by atoms with Gasteiger partial charge in [0.2, 0.25) is 0 Å². The highest BCUT2D eigenvalue weighted by molar-refractivity contribution is 5.71. The Hall–Kier alpha value is -1.59. The van der Waals surface area contributed by atoms with E-state index < -0.39 is 6.10 Å². The molecular weight excluding hydrogens is 841 g/mol. The first-order valence-corrected chi connectivity index (χ1v) is 30.6. The van der Waals surface area contributed by atoms with Gasteiger partial charge in [0.15, 0.2) is 6.10 Å². The van der Waals surface area contributed by atoms with Gasteiger partial charge in [-0.1, -0.05) is 305 Å². The number of hydrogen-bond acceptors (Lipinski definition) is 6. The molecule has 6 heteroatoms. The van der Waals surface area contributed by atoms with Crippen LogP contribution in [0.4, 0.5) is 0 Å². The van der Waals surface area contributed by atoms with Crippen molar-refractivity contribution in [2.45, 2.75) is 349 Å². The fourth-order valence-corrected chi connectivity index (χ4v) is 9.50. The third-order valence-corrected chi connectivity index (χ3v) is 14.5. The number of esters is 3. The molecule has 0 amide bonds. The zero-order valence-electron chi connectivity index (χ0n) is 46.9. The minimum Gasteiger partial charge on any atom is -0.462 e. The third-order valence-electron chi connectivity index (χ3n) is 14.5. The molecule has 1 unspecified atom stereocenters. The van der Waals surface area contributed by atoms with Gasteiger partial charge < -0.3 is 14.2 Å². The summed E-state index contributed by atoms with van der Waals surface area (Å²) in [4.78, 5) is 38.2. The molecule has 0 aromatic rings. The average molecular weight is 962 g/mol. The van der Waals surface area contributed by atoms with Crippen LogP contribution in [-0.4, -0.2) is 37.2 Å². The van der Waals surface area contributed by atoms with Crippen molar-refractivity contribution in [3.63, 3.8) is 0 Å². The SMILES string of the molecule is CCC(C)CCCCCCCCCCCCCCCCC(=O)O[C@H](COC(=O)CCCCCCCCCCCCCCCCCCC(C)C)COC(=O)CCCCCCCCCCCCC(C)C. The van der Waals surface area contributed by atoms with E-state index in [0.717, 1.165) is 75.5 Å². The van der Waals surface area contributed by atoms with Crippen LogP contribution in [-0.2, 0) is 28.6 Å². The molecule has 0 heterocycles. The molecule has 68 heavy (non-hydrogen) atoms. The third kappa shape index (κ3) is 53.8. The monoisotopic (exact) mass is 961 g/mol. The zero-order chi connectivity index (χ0) is 49.8. The second-order valence-electron chi connectivity index (χ2n) is 22.5. The van der Waals surface area contributed by atoms with Crippen LogP contribution in [0.1, 0.15) is 343 Å². The van der Waals surface area contributed by atoms with Gasteiger partial charge in [-0.05, 0) is 37.0 Å².